The van der Waals surface area contributed by atoms with Crippen molar-refractivity contribution >= 4 is 21.4 Å². The van der Waals surface area contributed by atoms with Crippen LogP contribution >= 0.6 is 0 Å². The second-order valence-corrected chi connectivity index (χ2v) is 7.16. The van der Waals surface area contributed by atoms with Crippen LogP contribution in [0.3, 0.4) is 0 Å². The highest BCUT2D eigenvalue weighted by molar-refractivity contribution is 7.93. The van der Waals surface area contributed by atoms with Gasteiger partial charge in [0.15, 0.2) is 0 Å². The van der Waals surface area contributed by atoms with Crippen molar-refractivity contribution in [1.29, 1.82) is 0 Å². The van der Waals surface area contributed by atoms with Crippen LogP contribution in [0.1, 0.15) is 18.4 Å². The van der Waals surface area contributed by atoms with Gasteiger partial charge in [0.2, 0.25) is 10.0 Å². The van der Waals surface area contributed by atoms with Crippen LogP contribution in [0.15, 0.2) is 18.2 Å². The summed E-state index contributed by atoms with van der Waals surface area (Å²) in [6, 6.07) is 5.48. The van der Waals surface area contributed by atoms with Gasteiger partial charge in [0.1, 0.15) is 0 Å². The highest BCUT2D eigenvalue weighted by Crippen LogP contribution is 2.36. The highest BCUT2D eigenvalue weighted by atomic mass is 32.2. The van der Waals surface area contributed by atoms with E-state index in [2.05, 4.69) is 0 Å². The predicted octanol–water partition coefficient (Wildman–Crippen LogP) is 1.14. The van der Waals surface area contributed by atoms with E-state index >= 15 is 0 Å². The second-order valence-electron chi connectivity index (χ2n) is 5.02. The van der Waals surface area contributed by atoms with Crippen molar-refractivity contribution in [3.63, 3.8) is 0 Å². The SMILES string of the molecule is Nc1cccc2c1CCN2S(=O)(=O)C1CCOCC1. The molecular weight excluding hydrogens is 264 g/mol. The van der Waals surface area contributed by atoms with Crippen molar-refractivity contribution in [1.82, 2.24) is 0 Å². The Morgan fingerprint density at radius 3 is 2.74 bits per heavy atom. The van der Waals surface area contributed by atoms with Gasteiger partial charge in [-0.05, 0) is 31.4 Å². The third-order valence-electron chi connectivity index (χ3n) is 3.92. The molecule has 1 saturated heterocycles. The van der Waals surface area contributed by atoms with Crippen molar-refractivity contribution in [2.75, 3.05) is 29.8 Å². The first-order chi connectivity index (χ1) is 9.10. The lowest BCUT2D eigenvalue weighted by Crippen LogP contribution is -2.40. The smallest absolute Gasteiger partial charge is 0.238 e. The quantitative estimate of drug-likeness (QED) is 0.826. The Morgan fingerprint density at radius 1 is 1.26 bits per heavy atom. The summed E-state index contributed by atoms with van der Waals surface area (Å²) in [5.74, 6) is 0. The summed E-state index contributed by atoms with van der Waals surface area (Å²) in [7, 11) is -3.29. The highest BCUT2D eigenvalue weighted by Gasteiger charge is 2.37. The molecule has 0 bridgehead atoms. The first kappa shape index (κ1) is 12.7. The third-order valence-corrected chi connectivity index (χ3v) is 6.23. The van der Waals surface area contributed by atoms with E-state index in [1.165, 1.54) is 4.31 Å². The first-order valence-electron chi connectivity index (χ1n) is 6.57. The molecule has 2 N–H and O–H groups in total. The van der Waals surface area contributed by atoms with Crippen LogP contribution in [-0.4, -0.2) is 33.4 Å². The number of benzene rings is 1. The lowest BCUT2D eigenvalue weighted by Gasteiger charge is -2.28. The maximum atomic E-state index is 12.7. The van der Waals surface area contributed by atoms with Crippen LogP contribution in [0.2, 0.25) is 0 Å². The van der Waals surface area contributed by atoms with Crippen LogP contribution in [0.4, 0.5) is 11.4 Å². The van der Waals surface area contributed by atoms with E-state index in [0.717, 1.165) is 11.3 Å². The fourth-order valence-electron chi connectivity index (χ4n) is 2.85. The van der Waals surface area contributed by atoms with Crippen molar-refractivity contribution in [2.45, 2.75) is 24.5 Å². The minimum Gasteiger partial charge on any atom is -0.398 e. The number of hydrogen-bond acceptors (Lipinski definition) is 4. The molecule has 104 valence electrons. The first-order valence-corrected chi connectivity index (χ1v) is 8.07. The van der Waals surface area contributed by atoms with Crippen molar-refractivity contribution in [2.24, 2.45) is 0 Å². The van der Waals surface area contributed by atoms with Gasteiger partial charge in [0.05, 0.1) is 10.9 Å². The summed E-state index contributed by atoms with van der Waals surface area (Å²) in [5, 5.41) is -0.325. The molecule has 0 spiro atoms. The molecule has 1 fully saturated rings. The summed E-state index contributed by atoms with van der Waals surface area (Å²) in [5.41, 5.74) is 8.31. The zero-order valence-corrected chi connectivity index (χ0v) is 11.5. The zero-order chi connectivity index (χ0) is 13.5. The van der Waals surface area contributed by atoms with Gasteiger partial charge in [-0.2, -0.15) is 0 Å². The Hall–Kier alpha value is -1.27. The van der Waals surface area contributed by atoms with Gasteiger partial charge in [-0.3, -0.25) is 4.31 Å². The van der Waals surface area contributed by atoms with Crippen molar-refractivity contribution < 1.29 is 13.2 Å². The summed E-state index contributed by atoms with van der Waals surface area (Å²) in [4.78, 5) is 0. The van der Waals surface area contributed by atoms with Gasteiger partial charge in [0, 0.05) is 31.0 Å². The number of nitrogens with two attached hydrogens (primary N) is 1. The number of hydrogen-bond donors (Lipinski definition) is 1. The van der Waals surface area contributed by atoms with Gasteiger partial charge < -0.3 is 10.5 Å². The van der Waals surface area contributed by atoms with E-state index in [-0.39, 0.29) is 5.25 Å². The molecular formula is C13H18N2O3S. The number of ether oxygens (including phenoxy) is 1. The van der Waals surface area contributed by atoms with E-state index in [1.807, 2.05) is 18.2 Å². The predicted molar refractivity (Wildman–Crippen MR) is 74.7 cm³/mol. The fourth-order valence-corrected chi connectivity index (χ4v) is 4.79. The zero-order valence-electron chi connectivity index (χ0n) is 10.7. The minimum absolute atomic E-state index is 0.325. The summed E-state index contributed by atoms with van der Waals surface area (Å²) in [6.07, 6.45) is 1.86. The van der Waals surface area contributed by atoms with Crippen molar-refractivity contribution in [3.05, 3.63) is 23.8 Å². The number of nitrogens with zero attached hydrogens (tertiary/aromatic N) is 1. The molecule has 5 nitrogen and oxygen atoms in total. The number of fused-ring (bicyclic) bond motifs is 1. The average Bonchev–Trinajstić information content (AvgIpc) is 2.86. The van der Waals surface area contributed by atoms with Gasteiger partial charge in [-0.1, -0.05) is 6.07 Å². The van der Waals surface area contributed by atoms with E-state index in [1.54, 1.807) is 0 Å². The lowest BCUT2D eigenvalue weighted by atomic mass is 10.1. The maximum Gasteiger partial charge on any atom is 0.238 e. The van der Waals surface area contributed by atoms with Crippen LogP contribution in [0, 0.1) is 0 Å². The molecule has 0 aromatic heterocycles. The fraction of sp³-hybridized carbons (Fsp3) is 0.538. The Balaban J connectivity index is 1.94. The van der Waals surface area contributed by atoms with Gasteiger partial charge in [-0.25, -0.2) is 8.42 Å². The average molecular weight is 282 g/mol. The molecule has 2 aliphatic heterocycles. The van der Waals surface area contributed by atoms with Crippen LogP contribution in [0.25, 0.3) is 0 Å². The van der Waals surface area contributed by atoms with Gasteiger partial charge in [-0.15, -0.1) is 0 Å². The normalized spacial score (nSPS) is 20.5. The number of anilines is 2. The molecule has 3 rings (SSSR count). The Kier molecular flexibility index (Phi) is 3.14. The molecule has 0 atom stereocenters. The summed E-state index contributed by atoms with van der Waals surface area (Å²) >= 11 is 0. The second kappa shape index (κ2) is 4.68. The largest absolute Gasteiger partial charge is 0.398 e. The van der Waals surface area contributed by atoms with E-state index in [4.69, 9.17) is 10.5 Å². The van der Waals surface area contributed by atoms with Crippen LogP contribution < -0.4 is 10.0 Å². The molecule has 1 aromatic carbocycles. The van der Waals surface area contributed by atoms with E-state index in [0.29, 0.717) is 44.7 Å². The molecule has 19 heavy (non-hydrogen) atoms. The Morgan fingerprint density at radius 2 is 2.00 bits per heavy atom. The molecule has 2 heterocycles. The molecule has 0 aliphatic carbocycles. The topological polar surface area (TPSA) is 72.6 Å². The van der Waals surface area contributed by atoms with Crippen molar-refractivity contribution in [3.8, 4) is 0 Å². The van der Waals surface area contributed by atoms with Gasteiger partial charge in [0.25, 0.3) is 0 Å². The Bertz CT molecular complexity index is 580. The van der Waals surface area contributed by atoms with E-state index in [9.17, 15) is 8.42 Å². The third kappa shape index (κ3) is 2.08. The molecule has 0 radical (unpaired) electrons. The molecule has 0 saturated carbocycles. The number of nitrogen functional groups attached to an aromatic ring is 1. The summed E-state index contributed by atoms with van der Waals surface area (Å²) < 4.78 is 32.2. The summed E-state index contributed by atoms with van der Waals surface area (Å²) in [6.45, 7) is 1.56. The molecule has 0 amide bonds. The Labute approximate surface area is 113 Å². The monoisotopic (exact) mass is 282 g/mol. The van der Waals surface area contributed by atoms with E-state index < -0.39 is 10.0 Å². The lowest BCUT2D eigenvalue weighted by molar-refractivity contribution is 0.0983. The standard InChI is InChI=1S/C13H18N2O3S/c14-12-2-1-3-13-11(12)4-7-15(13)19(16,17)10-5-8-18-9-6-10/h1-3,10H,4-9,14H2. The molecule has 2 aliphatic rings. The minimum atomic E-state index is -3.29. The number of sulfonamides is 1. The van der Waals surface area contributed by atoms with Crippen LogP contribution in [-0.2, 0) is 21.2 Å². The van der Waals surface area contributed by atoms with Gasteiger partial charge >= 0.3 is 0 Å². The molecule has 0 unspecified atom stereocenters. The molecule has 6 heteroatoms. The maximum absolute atomic E-state index is 12.7. The number of rotatable bonds is 2. The van der Waals surface area contributed by atoms with Crippen LogP contribution in [0.5, 0.6) is 0 Å². The molecule has 1 aromatic rings.